The van der Waals surface area contributed by atoms with Crippen LogP contribution in [0.5, 0.6) is 17.2 Å². The molecule has 3 aromatic rings. The van der Waals surface area contributed by atoms with Crippen LogP contribution in [0.25, 0.3) is 11.0 Å². The lowest BCUT2D eigenvalue weighted by atomic mass is 10.1. The van der Waals surface area contributed by atoms with E-state index in [2.05, 4.69) is 5.32 Å². The van der Waals surface area contributed by atoms with Crippen molar-refractivity contribution in [2.45, 2.75) is 13.3 Å². The molecule has 1 amide bonds. The average Bonchev–Trinajstić information content (AvgIpc) is 2.73. The first-order valence-corrected chi connectivity index (χ1v) is 9.26. The number of carbonyl (C=O) groups is 1. The van der Waals surface area contributed by atoms with E-state index in [0.29, 0.717) is 47.8 Å². The highest BCUT2D eigenvalue weighted by molar-refractivity contribution is 5.97. The van der Waals surface area contributed by atoms with Crippen molar-refractivity contribution >= 4 is 16.9 Å². The quantitative estimate of drug-likeness (QED) is 0.588. The van der Waals surface area contributed by atoms with E-state index in [0.717, 1.165) is 5.56 Å². The van der Waals surface area contributed by atoms with Crippen molar-refractivity contribution < 1.29 is 23.4 Å². The van der Waals surface area contributed by atoms with Crippen LogP contribution in [-0.2, 0) is 6.42 Å². The van der Waals surface area contributed by atoms with E-state index in [-0.39, 0.29) is 5.56 Å². The van der Waals surface area contributed by atoms with Gasteiger partial charge in [-0.3, -0.25) is 4.79 Å². The Morgan fingerprint density at radius 3 is 2.55 bits per heavy atom. The van der Waals surface area contributed by atoms with Crippen LogP contribution in [0, 0.1) is 0 Å². The van der Waals surface area contributed by atoms with Crippen molar-refractivity contribution in [3.8, 4) is 17.2 Å². The molecule has 0 aliphatic heterocycles. The fourth-order valence-electron chi connectivity index (χ4n) is 3.00. The Morgan fingerprint density at radius 2 is 1.83 bits per heavy atom. The van der Waals surface area contributed by atoms with Crippen LogP contribution >= 0.6 is 0 Å². The summed E-state index contributed by atoms with van der Waals surface area (Å²) < 4.78 is 21.3. The summed E-state index contributed by atoms with van der Waals surface area (Å²) in [5, 5.41) is 3.38. The number of carbonyl (C=O) groups excluding carboxylic acids is 1. The Kier molecular flexibility index (Phi) is 6.39. The minimum Gasteiger partial charge on any atom is -0.493 e. The largest absolute Gasteiger partial charge is 0.493 e. The molecule has 2 aromatic carbocycles. The van der Waals surface area contributed by atoms with Crippen molar-refractivity contribution in [1.29, 1.82) is 0 Å². The summed E-state index contributed by atoms with van der Waals surface area (Å²) in [5.41, 5.74) is 0.558. The fraction of sp³-hybridized carbons (Fsp3) is 0.273. The van der Waals surface area contributed by atoms with Gasteiger partial charge >= 0.3 is 5.63 Å². The number of nitrogens with one attached hydrogen (secondary N) is 1. The molecule has 1 heterocycles. The number of ether oxygens (including phenoxy) is 3. The van der Waals surface area contributed by atoms with Gasteiger partial charge in [0.1, 0.15) is 5.56 Å². The second-order valence-electron chi connectivity index (χ2n) is 6.25. The summed E-state index contributed by atoms with van der Waals surface area (Å²) in [4.78, 5) is 24.8. The van der Waals surface area contributed by atoms with Gasteiger partial charge in [0.25, 0.3) is 5.91 Å². The van der Waals surface area contributed by atoms with Gasteiger partial charge < -0.3 is 23.9 Å². The molecule has 0 radical (unpaired) electrons. The van der Waals surface area contributed by atoms with E-state index < -0.39 is 11.5 Å². The minimum absolute atomic E-state index is 0.0431. The normalized spacial score (nSPS) is 10.6. The Labute approximate surface area is 168 Å². The third kappa shape index (κ3) is 4.51. The molecule has 7 nitrogen and oxygen atoms in total. The highest BCUT2D eigenvalue weighted by atomic mass is 16.5. The van der Waals surface area contributed by atoms with Gasteiger partial charge in [0.2, 0.25) is 0 Å². The molecule has 0 fully saturated rings. The van der Waals surface area contributed by atoms with Crippen LogP contribution in [0.2, 0.25) is 0 Å². The van der Waals surface area contributed by atoms with Gasteiger partial charge in [0.05, 0.1) is 20.8 Å². The summed E-state index contributed by atoms with van der Waals surface area (Å²) in [6, 6.07) is 12.3. The fourth-order valence-corrected chi connectivity index (χ4v) is 3.00. The molecular weight excluding hydrogens is 374 g/mol. The summed E-state index contributed by atoms with van der Waals surface area (Å²) in [7, 11) is 3.14. The molecule has 0 atom stereocenters. The summed E-state index contributed by atoms with van der Waals surface area (Å²) in [6.07, 6.45) is 0.569. The molecule has 0 aliphatic carbocycles. The molecule has 0 saturated heterocycles. The molecule has 152 valence electrons. The number of hydrogen-bond acceptors (Lipinski definition) is 6. The van der Waals surface area contributed by atoms with E-state index in [1.54, 1.807) is 32.4 Å². The number of hydrogen-bond donors (Lipinski definition) is 1. The van der Waals surface area contributed by atoms with Gasteiger partial charge in [0.15, 0.2) is 22.8 Å². The van der Waals surface area contributed by atoms with Crippen LogP contribution in [0.3, 0.4) is 0 Å². The van der Waals surface area contributed by atoms with Gasteiger partial charge in [-0.25, -0.2) is 4.79 Å². The predicted octanol–water partition coefficient (Wildman–Crippen LogP) is 3.18. The number of rotatable bonds is 8. The first kappa shape index (κ1) is 20.3. The first-order chi connectivity index (χ1) is 14.1. The van der Waals surface area contributed by atoms with Crippen molar-refractivity contribution in [2.75, 3.05) is 27.4 Å². The molecule has 7 heteroatoms. The van der Waals surface area contributed by atoms with Gasteiger partial charge in [-0.1, -0.05) is 18.2 Å². The molecule has 3 rings (SSSR count). The second-order valence-corrected chi connectivity index (χ2v) is 6.25. The molecule has 29 heavy (non-hydrogen) atoms. The lowest BCUT2D eigenvalue weighted by Gasteiger charge is -2.10. The smallest absolute Gasteiger partial charge is 0.349 e. The highest BCUT2D eigenvalue weighted by Gasteiger charge is 2.15. The van der Waals surface area contributed by atoms with Crippen LogP contribution in [-0.4, -0.2) is 33.3 Å². The Balaban J connectivity index is 1.72. The standard InChI is InChI=1S/C22H23NO6/c1-4-28-18-7-5-6-15-13-16(22(25)29-20(15)18)21(24)23-11-10-14-8-9-17(26-2)19(12-14)27-3/h5-9,12-13H,4,10-11H2,1-3H3,(H,23,24). The van der Waals surface area contributed by atoms with Crippen LogP contribution in [0.1, 0.15) is 22.8 Å². The molecule has 0 saturated carbocycles. The number of para-hydroxylation sites is 1. The summed E-state index contributed by atoms with van der Waals surface area (Å²) >= 11 is 0. The van der Waals surface area contributed by atoms with E-state index in [4.69, 9.17) is 18.6 Å². The molecule has 1 aromatic heterocycles. The number of benzene rings is 2. The zero-order valence-corrected chi connectivity index (χ0v) is 16.6. The van der Waals surface area contributed by atoms with Crippen LogP contribution in [0.4, 0.5) is 0 Å². The predicted molar refractivity (Wildman–Crippen MR) is 109 cm³/mol. The lowest BCUT2D eigenvalue weighted by Crippen LogP contribution is -2.29. The topological polar surface area (TPSA) is 87.0 Å². The second kappa shape index (κ2) is 9.14. The maximum absolute atomic E-state index is 12.5. The maximum atomic E-state index is 12.5. The number of methoxy groups -OCH3 is 2. The van der Waals surface area contributed by atoms with E-state index in [9.17, 15) is 9.59 Å². The summed E-state index contributed by atoms with van der Waals surface area (Å²) in [5.74, 6) is 1.25. The van der Waals surface area contributed by atoms with Crippen molar-refractivity contribution in [2.24, 2.45) is 0 Å². The van der Waals surface area contributed by atoms with Gasteiger partial charge in [-0.2, -0.15) is 0 Å². The molecular formula is C22H23NO6. The highest BCUT2D eigenvalue weighted by Crippen LogP contribution is 2.27. The van der Waals surface area contributed by atoms with E-state index in [1.807, 2.05) is 25.1 Å². The molecule has 0 unspecified atom stereocenters. The Morgan fingerprint density at radius 1 is 1.03 bits per heavy atom. The average molecular weight is 397 g/mol. The van der Waals surface area contributed by atoms with E-state index in [1.165, 1.54) is 6.07 Å². The van der Waals surface area contributed by atoms with Gasteiger partial charge in [0, 0.05) is 11.9 Å². The summed E-state index contributed by atoms with van der Waals surface area (Å²) in [6.45, 7) is 2.64. The Bertz CT molecular complexity index is 1070. The van der Waals surface area contributed by atoms with Crippen molar-refractivity contribution in [3.63, 3.8) is 0 Å². The SMILES string of the molecule is CCOc1cccc2cc(C(=O)NCCc3ccc(OC)c(OC)c3)c(=O)oc12. The third-order valence-electron chi connectivity index (χ3n) is 4.42. The van der Waals surface area contributed by atoms with Gasteiger partial charge in [-0.15, -0.1) is 0 Å². The molecule has 0 bridgehead atoms. The third-order valence-corrected chi connectivity index (χ3v) is 4.42. The molecule has 1 N–H and O–H groups in total. The van der Waals surface area contributed by atoms with E-state index >= 15 is 0 Å². The molecule has 0 spiro atoms. The van der Waals surface area contributed by atoms with Crippen LogP contribution < -0.4 is 25.2 Å². The van der Waals surface area contributed by atoms with Crippen molar-refractivity contribution in [3.05, 3.63) is 64.0 Å². The van der Waals surface area contributed by atoms with Gasteiger partial charge in [-0.05, 0) is 43.2 Å². The monoisotopic (exact) mass is 397 g/mol. The lowest BCUT2D eigenvalue weighted by molar-refractivity contribution is 0.0950. The number of amides is 1. The van der Waals surface area contributed by atoms with Crippen molar-refractivity contribution in [1.82, 2.24) is 5.32 Å². The minimum atomic E-state index is -0.701. The first-order valence-electron chi connectivity index (χ1n) is 9.26. The number of fused-ring (bicyclic) bond motifs is 1. The molecule has 0 aliphatic rings. The maximum Gasteiger partial charge on any atom is 0.349 e. The Hall–Kier alpha value is -3.48. The zero-order chi connectivity index (χ0) is 20.8. The zero-order valence-electron chi connectivity index (χ0n) is 16.6. The van der Waals surface area contributed by atoms with Crippen LogP contribution in [0.15, 0.2) is 51.7 Å².